The second-order valence-corrected chi connectivity index (χ2v) is 4.05. The van der Waals surface area contributed by atoms with Crippen molar-refractivity contribution >= 4 is 11.8 Å². The summed E-state index contributed by atoms with van der Waals surface area (Å²) in [6.45, 7) is 2.16. The number of hydrogen-bond acceptors (Lipinski definition) is 6. The highest BCUT2D eigenvalue weighted by atomic mass is 16.6. The molecule has 0 bridgehead atoms. The van der Waals surface area contributed by atoms with Gasteiger partial charge in [0.2, 0.25) is 0 Å². The fourth-order valence-corrected chi connectivity index (χ4v) is 1.43. The normalized spacial score (nSPS) is 10.3. The molecule has 0 spiro atoms. The molecule has 0 saturated heterocycles. The van der Waals surface area contributed by atoms with Crippen LogP contribution in [-0.4, -0.2) is 58.5 Å². The van der Waals surface area contributed by atoms with E-state index in [1.54, 1.807) is 37.4 Å². The maximum Gasteiger partial charge on any atom is 0.379 e. The number of hydrogen-bond donors (Lipinski definition) is 0. The minimum absolute atomic E-state index is 0.0372. The predicted molar refractivity (Wildman–Crippen MR) is 75.2 cm³/mol. The molecule has 1 aromatic rings. The van der Waals surface area contributed by atoms with E-state index >= 15 is 0 Å². The summed E-state index contributed by atoms with van der Waals surface area (Å²) in [6.07, 6.45) is 0. The lowest BCUT2D eigenvalue weighted by molar-refractivity contribution is -0.139. The lowest BCUT2D eigenvalue weighted by Gasteiger charge is -2.06. The number of benzene rings is 1. The van der Waals surface area contributed by atoms with Crippen LogP contribution in [-0.2, 0) is 23.7 Å². The molecule has 6 heteroatoms. The molecule has 6 nitrogen and oxygen atoms in total. The van der Waals surface area contributed by atoms with Crippen molar-refractivity contribution in [2.75, 3.05) is 46.8 Å². The first-order chi connectivity index (χ1) is 10.3. The van der Waals surface area contributed by atoms with Crippen LogP contribution in [0.5, 0.6) is 0 Å². The standard InChI is InChI=1S/C15H20O6/c1-18-7-8-19-9-10-20-11-12-21-15(17)14(16)13-5-3-2-4-6-13/h2-6H,7-12H2,1H3. The predicted octanol–water partition coefficient (Wildman–Crippen LogP) is 1.09. The van der Waals surface area contributed by atoms with E-state index < -0.39 is 11.8 Å². The molecule has 0 radical (unpaired) electrons. The summed E-state index contributed by atoms with van der Waals surface area (Å²) in [7, 11) is 1.60. The maximum atomic E-state index is 11.7. The number of ketones is 1. The van der Waals surface area contributed by atoms with Gasteiger partial charge in [-0.2, -0.15) is 0 Å². The monoisotopic (exact) mass is 296 g/mol. The summed E-state index contributed by atoms with van der Waals surface area (Å²) in [5.41, 5.74) is 0.315. The first-order valence-electron chi connectivity index (χ1n) is 6.66. The zero-order valence-electron chi connectivity index (χ0n) is 12.1. The van der Waals surface area contributed by atoms with E-state index in [1.807, 2.05) is 0 Å². The molecule has 0 amide bonds. The summed E-state index contributed by atoms with van der Waals surface area (Å²) in [5.74, 6) is -1.53. The third-order valence-corrected chi connectivity index (χ3v) is 2.49. The van der Waals surface area contributed by atoms with Crippen LogP contribution in [0.3, 0.4) is 0 Å². The van der Waals surface area contributed by atoms with Crippen LogP contribution in [0.25, 0.3) is 0 Å². The van der Waals surface area contributed by atoms with Crippen LogP contribution in [0.4, 0.5) is 0 Å². The minimum atomic E-state index is -0.874. The smallest absolute Gasteiger partial charge is 0.379 e. The highest BCUT2D eigenvalue weighted by molar-refractivity contribution is 6.40. The van der Waals surface area contributed by atoms with Crippen LogP contribution in [0.15, 0.2) is 30.3 Å². The van der Waals surface area contributed by atoms with Crippen molar-refractivity contribution in [3.63, 3.8) is 0 Å². The van der Waals surface area contributed by atoms with Gasteiger partial charge in [0.15, 0.2) is 0 Å². The molecule has 21 heavy (non-hydrogen) atoms. The van der Waals surface area contributed by atoms with E-state index in [1.165, 1.54) is 0 Å². The Morgan fingerprint density at radius 3 is 2.05 bits per heavy atom. The number of Topliss-reactive ketones (excluding diaryl/α,β-unsaturated/α-hetero) is 1. The maximum absolute atomic E-state index is 11.7. The minimum Gasteiger partial charge on any atom is -0.457 e. The Bertz CT molecular complexity index is 417. The van der Waals surface area contributed by atoms with E-state index in [0.29, 0.717) is 32.0 Å². The topological polar surface area (TPSA) is 71.1 Å². The van der Waals surface area contributed by atoms with Gasteiger partial charge in [-0.1, -0.05) is 30.3 Å². The van der Waals surface area contributed by atoms with E-state index in [9.17, 15) is 9.59 Å². The van der Waals surface area contributed by atoms with E-state index in [2.05, 4.69) is 0 Å². The van der Waals surface area contributed by atoms with Gasteiger partial charge in [0.05, 0.1) is 33.0 Å². The Hall–Kier alpha value is -1.76. The Balaban J connectivity index is 2.05. The van der Waals surface area contributed by atoms with E-state index in [-0.39, 0.29) is 13.2 Å². The van der Waals surface area contributed by atoms with Crippen molar-refractivity contribution in [3.05, 3.63) is 35.9 Å². The fraction of sp³-hybridized carbons (Fsp3) is 0.467. The zero-order chi connectivity index (χ0) is 15.3. The molecule has 1 aromatic carbocycles. The van der Waals surface area contributed by atoms with Gasteiger partial charge in [-0.15, -0.1) is 0 Å². The van der Waals surface area contributed by atoms with Gasteiger partial charge in [0, 0.05) is 12.7 Å². The quantitative estimate of drug-likeness (QED) is 0.263. The van der Waals surface area contributed by atoms with Gasteiger partial charge in [0.25, 0.3) is 5.78 Å². The number of methoxy groups -OCH3 is 1. The lowest BCUT2D eigenvalue weighted by Crippen LogP contribution is -2.20. The van der Waals surface area contributed by atoms with Gasteiger partial charge >= 0.3 is 5.97 Å². The van der Waals surface area contributed by atoms with Gasteiger partial charge in [-0.3, -0.25) is 4.79 Å². The number of carbonyl (C=O) groups excluding carboxylic acids is 2. The Kier molecular flexibility index (Phi) is 9.03. The van der Waals surface area contributed by atoms with Crippen molar-refractivity contribution in [1.29, 1.82) is 0 Å². The van der Waals surface area contributed by atoms with Crippen molar-refractivity contribution in [2.45, 2.75) is 0 Å². The summed E-state index contributed by atoms with van der Waals surface area (Å²) in [6, 6.07) is 8.28. The molecular weight excluding hydrogens is 276 g/mol. The zero-order valence-corrected chi connectivity index (χ0v) is 12.1. The average molecular weight is 296 g/mol. The number of esters is 1. The van der Waals surface area contributed by atoms with Crippen molar-refractivity contribution < 1.29 is 28.5 Å². The summed E-state index contributed by atoms with van der Waals surface area (Å²) >= 11 is 0. The van der Waals surface area contributed by atoms with Gasteiger partial charge < -0.3 is 18.9 Å². The fourth-order valence-electron chi connectivity index (χ4n) is 1.43. The Labute approximate surface area is 123 Å². The molecule has 0 aliphatic rings. The first-order valence-corrected chi connectivity index (χ1v) is 6.66. The molecule has 0 fully saturated rings. The molecule has 0 aliphatic heterocycles. The Morgan fingerprint density at radius 1 is 0.857 bits per heavy atom. The van der Waals surface area contributed by atoms with Crippen molar-refractivity contribution in [2.24, 2.45) is 0 Å². The molecule has 0 aliphatic carbocycles. The van der Waals surface area contributed by atoms with Crippen LogP contribution in [0, 0.1) is 0 Å². The highest BCUT2D eigenvalue weighted by Crippen LogP contribution is 2.01. The van der Waals surface area contributed by atoms with Crippen LogP contribution in [0.2, 0.25) is 0 Å². The highest BCUT2D eigenvalue weighted by Gasteiger charge is 2.16. The third-order valence-electron chi connectivity index (χ3n) is 2.49. The van der Waals surface area contributed by atoms with E-state index in [4.69, 9.17) is 18.9 Å². The number of ether oxygens (including phenoxy) is 4. The van der Waals surface area contributed by atoms with E-state index in [0.717, 1.165) is 0 Å². The first kappa shape index (κ1) is 17.3. The molecule has 0 aromatic heterocycles. The molecule has 0 atom stereocenters. The second-order valence-electron chi connectivity index (χ2n) is 4.05. The molecule has 0 N–H and O–H groups in total. The SMILES string of the molecule is COCCOCCOCCOC(=O)C(=O)c1ccccc1. The van der Waals surface area contributed by atoms with Crippen LogP contribution < -0.4 is 0 Å². The third kappa shape index (κ3) is 7.55. The number of rotatable bonds is 11. The molecule has 0 unspecified atom stereocenters. The summed E-state index contributed by atoms with van der Waals surface area (Å²) in [4.78, 5) is 23.1. The lowest BCUT2D eigenvalue weighted by atomic mass is 10.1. The second kappa shape index (κ2) is 11.0. The van der Waals surface area contributed by atoms with Gasteiger partial charge in [-0.05, 0) is 0 Å². The number of carbonyl (C=O) groups is 2. The van der Waals surface area contributed by atoms with Crippen molar-refractivity contribution in [1.82, 2.24) is 0 Å². The average Bonchev–Trinajstić information content (AvgIpc) is 2.53. The molecular formula is C15H20O6. The summed E-state index contributed by atoms with van der Waals surface area (Å²) in [5, 5.41) is 0. The molecule has 0 saturated carbocycles. The van der Waals surface area contributed by atoms with Gasteiger partial charge in [0.1, 0.15) is 6.61 Å². The van der Waals surface area contributed by atoms with Gasteiger partial charge in [-0.25, -0.2) is 4.79 Å². The van der Waals surface area contributed by atoms with Crippen molar-refractivity contribution in [3.8, 4) is 0 Å². The molecule has 116 valence electrons. The largest absolute Gasteiger partial charge is 0.457 e. The Morgan fingerprint density at radius 2 is 1.43 bits per heavy atom. The summed E-state index contributed by atoms with van der Waals surface area (Å²) < 4.78 is 20.0. The van der Waals surface area contributed by atoms with Crippen LogP contribution in [0.1, 0.15) is 10.4 Å². The molecule has 1 rings (SSSR count). The molecule has 0 heterocycles. The van der Waals surface area contributed by atoms with Crippen LogP contribution >= 0.6 is 0 Å².